The van der Waals surface area contributed by atoms with Gasteiger partial charge in [0.1, 0.15) is 5.69 Å². The molecule has 2 aromatic rings. The van der Waals surface area contributed by atoms with Crippen LogP contribution < -0.4 is 0 Å². The maximum absolute atomic E-state index is 13.6. The molecule has 1 heterocycles. The van der Waals surface area contributed by atoms with Gasteiger partial charge in [-0.05, 0) is 58.2 Å². The third kappa shape index (κ3) is 5.06. The third-order valence-electron chi connectivity index (χ3n) is 5.49. The molecule has 168 valence electrons. The molecule has 1 aromatic carbocycles. The Morgan fingerprint density at radius 2 is 1.65 bits per heavy atom. The number of benzene rings is 1. The Labute approximate surface area is 185 Å². The van der Waals surface area contributed by atoms with E-state index in [4.69, 9.17) is 4.74 Å². The van der Waals surface area contributed by atoms with Crippen molar-refractivity contribution in [1.29, 1.82) is 0 Å². The third-order valence-corrected chi connectivity index (χ3v) is 5.49. The van der Waals surface area contributed by atoms with Gasteiger partial charge < -0.3 is 14.2 Å². The van der Waals surface area contributed by atoms with E-state index >= 15 is 0 Å². The summed E-state index contributed by atoms with van der Waals surface area (Å²) in [6, 6.07) is 8.33. The van der Waals surface area contributed by atoms with Crippen LogP contribution in [0.25, 0.3) is 0 Å². The quantitative estimate of drug-likeness (QED) is 0.432. The molecule has 0 aliphatic heterocycles. The fraction of sp³-hybridized carbons (Fsp3) is 0.480. The van der Waals surface area contributed by atoms with Crippen molar-refractivity contribution in [3.8, 4) is 0 Å². The molecule has 2 rings (SSSR count). The van der Waals surface area contributed by atoms with E-state index in [9.17, 15) is 14.4 Å². The molecule has 0 saturated heterocycles. The lowest BCUT2D eigenvalue weighted by Crippen LogP contribution is -2.45. The molecule has 0 N–H and O–H groups in total. The lowest BCUT2D eigenvalue weighted by molar-refractivity contribution is 0.0512. The number of hydrogen-bond acceptors (Lipinski definition) is 4. The number of ketones is 1. The highest BCUT2D eigenvalue weighted by atomic mass is 16.5. The summed E-state index contributed by atoms with van der Waals surface area (Å²) in [5.74, 6) is -0.583. The molecule has 6 heteroatoms. The predicted molar refractivity (Wildman–Crippen MR) is 122 cm³/mol. The van der Waals surface area contributed by atoms with Crippen LogP contribution in [0.2, 0.25) is 0 Å². The van der Waals surface area contributed by atoms with Crippen LogP contribution in [-0.4, -0.2) is 46.3 Å². The first kappa shape index (κ1) is 24.4. The Kier molecular flexibility index (Phi) is 8.20. The highest BCUT2D eigenvalue weighted by Gasteiger charge is 2.33. The van der Waals surface area contributed by atoms with Crippen LogP contribution in [0.5, 0.6) is 0 Å². The van der Waals surface area contributed by atoms with Gasteiger partial charge in [0, 0.05) is 29.9 Å². The van der Waals surface area contributed by atoms with Gasteiger partial charge in [0.15, 0.2) is 5.78 Å². The van der Waals surface area contributed by atoms with E-state index in [1.165, 1.54) is 0 Å². The number of rotatable bonds is 9. The maximum Gasteiger partial charge on any atom is 0.355 e. The number of Topliss-reactive ketones (excluding diaryl/α,β-unsaturated/α-hetero) is 1. The summed E-state index contributed by atoms with van der Waals surface area (Å²) in [7, 11) is 0. The molecule has 1 atom stereocenters. The van der Waals surface area contributed by atoms with E-state index in [2.05, 4.69) is 0 Å². The van der Waals surface area contributed by atoms with Crippen LogP contribution in [0.1, 0.15) is 77.1 Å². The van der Waals surface area contributed by atoms with Crippen LogP contribution in [0.3, 0.4) is 0 Å². The van der Waals surface area contributed by atoms with Gasteiger partial charge >= 0.3 is 5.97 Å². The largest absolute Gasteiger partial charge is 0.461 e. The van der Waals surface area contributed by atoms with E-state index in [0.29, 0.717) is 35.5 Å². The molecule has 1 amide bonds. The Balaban J connectivity index is 2.50. The average molecular weight is 427 g/mol. The first-order valence-electron chi connectivity index (χ1n) is 10.9. The molecule has 0 aliphatic carbocycles. The first-order chi connectivity index (χ1) is 14.6. The molecule has 1 aromatic heterocycles. The first-order valence-corrected chi connectivity index (χ1v) is 10.9. The van der Waals surface area contributed by atoms with E-state index in [1.807, 2.05) is 50.5 Å². The smallest absolute Gasteiger partial charge is 0.355 e. The predicted octanol–water partition coefficient (Wildman–Crippen LogP) is 4.67. The second-order valence-electron chi connectivity index (χ2n) is 8.16. The highest BCUT2D eigenvalue weighted by Crippen LogP contribution is 2.26. The molecule has 0 fully saturated rings. The molecule has 31 heavy (non-hydrogen) atoms. The van der Waals surface area contributed by atoms with Crippen molar-refractivity contribution in [2.75, 3.05) is 13.2 Å². The van der Waals surface area contributed by atoms with Crippen molar-refractivity contribution < 1.29 is 19.1 Å². The minimum Gasteiger partial charge on any atom is -0.461 e. The lowest BCUT2D eigenvalue weighted by Gasteiger charge is -2.30. The molecule has 0 radical (unpaired) electrons. The zero-order valence-corrected chi connectivity index (χ0v) is 19.7. The number of ether oxygens (including phenoxy) is 1. The molecule has 6 nitrogen and oxygen atoms in total. The van der Waals surface area contributed by atoms with E-state index in [-0.39, 0.29) is 24.2 Å². The van der Waals surface area contributed by atoms with E-state index in [0.717, 1.165) is 5.69 Å². The molecule has 1 unspecified atom stereocenters. The van der Waals surface area contributed by atoms with Gasteiger partial charge in [-0.3, -0.25) is 9.59 Å². The number of nitrogens with zero attached hydrogens (tertiary/aromatic N) is 2. The molecule has 0 spiro atoms. The summed E-state index contributed by atoms with van der Waals surface area (Å²) in [6.45, 7) is 14.4. The monoisotopic (exact) mass is 426 g/mol. The van der Waals surface area contributed by atoms with Gasteiger partial charge in [0.05, 0.1) is 12.6 Å². The highest BCUT2D eigenvalue weighted by molar-refractivity contribution is 6.07. The lowest BCUT2D eigenvalue weighted by atomic mass is 9.98. The number of carbonyl (C=O) groups excluding carboxylic acids is 3. The van der Waals surface area contributed by atoms with Crippen LogP contribution >= 0.6 is 0 Å². The number of amides is 1. The van der Waals surface area contributed by atoms with Crippen molar-refractivity contribution in [3.63, 3.8) is 0 Å². The Bertz CT molecular complexity index is 944. The fourth-order valence-corrected chi connectivity index (χ4v) is 4.02. The van der Waals surface area contributed by atoms with E-state index < -0.39 is 12.0 Å². The summed E-state index contributed by atoms with van der Waals surface area (Å²) < 4.78 is 7.04. The summed E-state index contributed by atoms with van der Waals surface area (Å²) >= 11 is 0. The summed E-state index contributed by atoms with van der Waals surface area (Å²) in [5.41, 5.74) is 2.77. The molecule has 0 saturated carbocycles. The fourth-order valence-electron chi connectivity index (χ4n) is 4.02. The van der Waals surface area contributed by atoms with Gasteiger partial charge in [0.25, 0.3) is 5.91 Å². The minimum absolute atomic E-state index is 0.169. The van der Waals surface area contributed by atoms with Crippen molar-refractivity contribution in [2.45, 2.75) is 61.1 Å². The topological polar surface area (TPSA) is 68.6 Å². The van der Waals surface area contributed by atoms with Crippen molar-refractivity contribution in [1.82, 2.24) is 9.47 Å². The Hall–Kier alpha value is -2.89. The Morgan fingerprint density at radius 3 is 2.16 bits per heavy atom. The SMILES string of the molecule is CCOC(=O)c1c(C)c(C(=O)C(C)N(CC(C)C)C(=O)c2ccccc2)c(C)n1CC. The van der Waals surface area contributed by atoms with Crippen LogP contribution in [-0.2, 0) is 11.3 Å². The second-order valence-corrected chi connectivity index (χ2v) is 8.16. The van der Waals surface area contributed by atoms with Crippen LogP contribution in [0, 0.1) is 19.8 Å². The molecule has 0 bridgehead atoms. The van der Waals surface area contributed by atoms with Crippen LogP contribution in [0.15, 0.2) is 30.3 Å². The number of aromatic nitrogens is 1. The molecule has 0 aliphatic rings. The number of esters is 1. The number of hydrogen-bond donors (Lipinski definition) is 0. The molecular formula is C25H34N2O4. The van der Waals surface area contributed by atoms with Crippen LogP contribution in [0.4, 0.5) is 0 Å². The van der Waals surface area contributed by atoms with Crippen molar-refractivity contribution >= 4 is 17.7 Å². The van der Waals surface area contributed by atoms with E-state index in [1.54, 1.807) is 37.8 Å². The summed E-state index contributed by atoms with van der Waals surface area (Å²) in [6.07, 6.45) is 0. The zero-order valence-electron chi connectivity index (χ0n) is 19.7. The van der Waals surface area contributed by atoms with Gasteiger partial charge in [-0.2, -0.15) is 0 Å². The van der Waals surface area contributed by atoms with Crippen molar-refractivity contribution in [3.05, 3.63) is 58.4 Å². The normalized spacial score (nSPS) is 12.0. The second kappa shape index (κ2) is 10.4. The standard InChI is InChI=1S/C25H34N2O4/c1-8-26-18(6)21(17(5)22(26)25(30)31-9-2)23(28)19(7)27(15-16(3)4)24(29)20-13-11-10-12-14-20/h10-14,16,19H,8-9,15H2,1-7H3. The molecular weight excluding hydrogens is 392 g/mol. The average Bonchev–Trinajstić information content (AvgIpc) is 3.00. The van der Waals surface area contributed by atoms with Gasteiger partial charge in [0.2, 0.25) is 0 Å². The maximum atomic E-state index is 13.6. The minimum atomic E-state index is -0.671. The summed E-state index contributed by atoms with van der Waals surface area (Å²) in [5, 5.41) is 0. The van der Waals surface area contributed by atoms with Gasteiger partial charge in [-0.25, -0.2) is 4.79 Å². The number of carbonyl (C=O) groups is 3. The Morgan fingerprint density at radius 1 is 1.03 bits per heavy atom. The summed E-state index contributed by atoms with van der Waals surface area (Å²) in [4.78, 5) is 41.1. The van der Waals surface area contributed by atoms with Gasteiger partial charge in [-0.1, -0.05) is 32.0 Å². The zero-order chi connectivity index (χ0) is 23.3. The van der Waals surface area contributed by atoms with Gasteiger partial charge in [-0.15, -0.1) is 0 Å². The van der Waals surface area contributed by atoms with Crippen molar-refractivity contribution in [2.24, 2.45) is 5.92 Å².